The van der Waals surface area contributed by atoms with Crippen LogP contribution in [0.4, 0.5) is 5.95 Å². The van der Waals surface area contributed by atoms with Gasteiger partial charge in [0.2, 0.25) is 5.95 Å². The number of rotatable bonds is 5. The fourth-order valence-corrected chi connectivity index (χ4v) is 2.54. The van der Waals surface area contributed by atoms with Crippen LogP contribution in [0, 0.1) is 6.92 Å². The lowest BCUT2D eigenvalue weighted by Crippen LogP contribution is -2.43. The van der Waals surface area contributed by atoms with Crippen LogP contribution in [0.5, 0.6) is 0 Å². The van der Waals surface area contributed by atoms with Crippen molar-refractivity contribution in [2.45, 2.75) is 39.2 Å². The summed E-state index contributed by atoms with van der Waals surface area (Å²) >= 11 is 0. The Morgan fingerprint density at radius 1 is 1.52 bits per heavy atom. The first-order chi connectivity index (χ1) is 10.1. The molecule has 2 heterocycles. The fraction of sp³-hybridized carbons (Fsp3) is 0.667. The van der Waals surface area contributed by atoms with Gasteiger partial charge in [0.05, 0.1) is 17.9 Å². The monoisotopic (exact) mass is 292 g/mol. The summed E-state index contributed by atoms with van der Waals surface area (Å²) in [4.78, 5) is 22.5. The molecule has 0 radical (unpaired) electrons. The Labute approximate surface area is 125 Å². The quantitative estimate of drug-likeness (QED) is 0.830. The van der Waals surface area contributed by atoms with Gasteiger partial charge in [-0.05, 0) is 33.2 Å². The Morgan fingerprint density at radius 2 is 2.33 bits per heavy atom. The largest absolute Gasteiger partial charge is 0.462 e. The number of piperidine rings is 1. The van der Waals surface area contributed by atoms with Crippen LogP contribution in [0.25, 0.3) is 0 Å². The summed E-state index contributed by atoms with van der Waals surface area (Å²) in [5.41, 5.74) is 1.09. The minimum atomic E-state index is -0.363. The van der Waals surface area contributed by atoms with E-state index in [4.69, 9.17) is 4.74 Å². The lowest BCUT2D eigenvalue weighted by Gasteiger charge is -2.28. The normalized spacial score (nSPS) is 18.3. The average Bonchev–Trinajstić information content (AvgIpc) is 2.48. The predicted octanol–water partition coefficient (Wildman–Crippen LogP) is 1.54. The lowest BCUT2D eigenvalue weighted by atomic mass is 10.0. The van der Waals surface area contributed by atoms with Crippen molar-refractivity contribution in [3.05, 3.63) is 17.5 Å². The summed E-state index contributed by atoms with van der Waals surface area (Å²) in [7, 11) is 1.98. The van der Waals surface area contributed by atoms with E-state index in [0.717, 1.165) is 13.1 Å². The first kappa shape index (κ1) is 15.7. The van der Waals surface area contributed by atoms with E-state index < -0.39 is 0 Å². The number of hydrogen-bond donors (Lipinski definition) is 1. The second-order valence-electron chi connectivity index (χ2n) is 5.42. The van der Waals surface area contributed by atoms with Gasteiger partial charge < -0.3 is 15.0 Å². The zero-order valence-electron chi connectivity index (χ0n) is 13.1. The van der Waals surface area contributed by atoms with Crippen LogP contribution in [-0.2, 0) is 4.74 Å². The number of likely N-dealkylation sites (N-methyl/N-ethyl adjacent to an activating group) is 1. The number of nitrogens with zero attached hydrogens (tertiary/aromatic N) is 3. The topological polar surface area (TPSA) is 67.3 Å². The molecule has 2 rings (SSSR count). The molecule has 0 spiro atoms. The zero-order chi connectivity index (χ0) is 15.2. The molecule has 116 valence electrons. The van der Waals surface area contributed by atoms with Gasteiger partial charge in [0.15, 0.2) is 0 Å². The van der Waals surface area contributed by atoms with Crippen molar-refractivity contribution in [3.8, 4) is 0 Å². The van der Waals surface area contributed by atoms with E-state index in [0.29, 0.717) is 29.9 Å². The summed E-state index contributed by atoms with van der Waals surface area (Å²) < 4.78 is 4.99. The number of carbonyl (C=O) groups excluding carboxylic acids is 1. The second-order valence-corrected chi connectivity index (χ2v) is 5.42. The molecule has 0 aliphatic carbocycles. The molecule has 0 bridgehead atoms. The molecule has 1 atom stereocenters. The highest BCUT2D eigenvalue weighted by molar-refractivity contribution is 5.90. The molecule has 1 aromatic heterocycles. The lowest BCUT2D eigenvalue weighted by molar-refractivity contribution is 0.0524. The summed E-state index contributed by atoms with van der Waals surface area (Å²) in [6.07, 6.45) is 5.27. The van der Waals surface area contributed by atoms with Crippen molar-refractivity contribution in [2.75, 3.05) is 31.6 Å². The molecule has 1 fully saturated rings. The van der Waals surface area contributed by atoms with Crippen molar-refractivity contribution in [3.63, 3.8) is 0 Å². The van der Waals surface area contributed by atoms with Crippen LogP contribution in [0.2, 0.25) is 0 Å². The SMILES string of the molecule is CCOC(=O)c1cnc(N(C)CC2CCCCN2)nc1C. The van der Waals surface area contributed by atoms with Crippen LogP contribution in [-0.4, -0.2) is 48.7 Å². The molecule has 6 nitrogen and oxygen atoms in total. The standard InChI is InChI=1S/C15H24N4O2/c1-4-21-14(20)13-9-17-15(18-11(13)2)19(3)10-12-7-5-6-8-16-12/h9,12,16H,4-8,10H2,1-3H3. The Bertz CT molecular complexity index is 487. The maximum Gasteiger partial charge on any atom is 0.341 e. The summed E-state index contributed by atoms with van der Waals surface area (Å²) in [6, 6.07) is 0.484. The number of anilines is 1. The maximum atomic E-state index is 11.7. The first-order valence-electron chi connectivity index (χ1n) is 7.57. The van der Waals surface area contributed by atoms with Gasteiger partial charge in [-0.3, -0.25) is 0 Å². The summed E-state index contributed by atoms with van der Waals surface area (Å²) in [6.45, 7) is 5.91. The number of aromatic nitrogens is 2. The summed E-state index contributed by atoms with van der Waals surface area (Å²) in [5, 5.41) is 3.51. The minimum Gasteiger partial charge on any atom is -0.462 e. The molecule has 0 amide bonds. The van der Waals surface area contributed by atoms with Gasteiger partial charge in [0.25, 0.3) is 0 Å². The van der Waals surface area contributed by atoms with Gasteiger partial charge in [0.1, 0.15) is 0 Å². The van der Waals surface area contributed by atoms with E-state index in [1.54, 1.807) is 13.1 Å². The Kier molecular flexibility index (Phi) is 5.50. The van der Waals surface area contributed by atoms with Crippen LogP contribution in [0.3, 0.4) is 0 Å². The summed E-state index contributed by atoms with van der Waals surface area (Å²) in [5.74, 6) is 0.283. The average molecular weight is 292 g/mol. The highest BCUT2D eigenvalue weighted by Gasteiger charge is 2.18. The van der Waals surface area contributed by atoms with Gasteiger partial charge >= 0.3 is 5.97 Å². The van der Waals surface area contributed by atoms with Crippen molar-refractivity contribution in [2.24, 2.45) is 0 Å². The highest BCUT2D eigenvalue weighted by atomic mass is 16.5. The fourth-order valence-electron chi connectivity index (χ4n) is 2.54. The molecular weight excluding hydrogens is 268 g/mol. The van der Waals surface area contributed by atoms with Gasteiger partial charge in [-0.1, -0.05) is 6.42 Å². The number of nitrogens with one attached hydrogen (secondary N) is 1. The third kappa shape index (κ3) is 4.14. The van der Waals surface area contributed by atoms with E-state index in [9.17, 15) is 4.79 Å². The molecule has 1 N–H and O–H groups in total. The van der Waals surface area contributed by atoms with Crippen LogP contribution >= 0.6 is 0 Å². The number of aryl methyl sites for hydroxylation is 1. The van der Waals surface area contributed by atoms with Crippen molar-refractivity contribution in [1.82, 2.24) is 15.3 Å². The second kappa shape index (κ2) is 7.36. The molecule has 6 heteroatoms. The third-order valence-corrected chi connectivity index (χ3v) is 3.71. The van der Waals surface area contributed by atoms with Gasteiger partial charge in [-0.25, -0.2) is 14.8 Å². The van der Waals surface area contributed by atoms with E-state index in [2.05, 4.69) is 15.3 Å². The molecule has 1 unspecified atom stereocenters. The molecule has 1 saturated heterocycles. The van der Waals surface area contributed by atoms with E-state index >= 15 is 0 Å². The molecule has 1 aliphatic heterocycles. The van der Waals surface area contributed by atoms with Crippen molar-refractivity contribution >= 4 is 11.9 Å². The number of hydrogen-bond acceptors (Lipinski definition) is 6. The number of carbonyl (C=O) groups is 1. The smallest absolute Gasteiger partial charge is 0.341 e. The molecule has 0 saturated carbocycles. The molecular formula is C15H24N4O2. The Hall–Kier alpha value is -1.69. The van der Waals surface area contributed by atoms with E-state index in [1.807, 2.05) is 18.9 Å². The van der Waals surface area contributed by atoms with Crippen molar-refractivity contribution < 1.29 is 9.53 Å². The zero-order valence-corrected chi connectivity index (χ0v) is 13.1. The van der Waals surface area contributed by atoms with Crippen LogP contribution < -0.4 is 10.2 Å². The Balaban J connectivity index is 2.02. The van der Waals surface area contributed by atoms with Crippen LogP contribution in [0.15, 0.2) is 6.20 Å². The van der Waals surface area contributed by atoms with Gasteiger partial charge in [-0.2, -0.15) is 0 Å². The molecule has 21 heavy (non-hydrogen) atoms. The maximum absolute atomic E-state index is 11.7. The Morgan fingerprint density at radius 3 is 2.95 bits per heavy atom. The van der Waals surface area contributed by atoms with Gasteiger partial charge in [0, 0.05) is 25.8 Å². The third-order valence-electron chi connectivity index (χ3n) is 3.71. The first-order valence-corrected chi connectivity index (χ1v) is 7.57. The van der Waals surface area contributed by atoms with Gasteiger partial charge in [-0.15, -0.1) is 0 Å². The van der Waals surface area contributed by atoms with Crippen LogP contribution in [0.1, 0.15) is 42.2 Å². The highest BCUT2D eigenvalue weighted by Crippen LogP contribution is 2.14. The van der Waals surface area contributed by atoms with Crippen molar-refractivity contribution in [1.29, 1.82) is 0 Å². The molecule has 0 aromatic carbocycles. The van der Waals surface area contributed by atoms with E-state index in [-0.39, 0.29) is 5.97 Å². The minimum absolute atomic E-state index is 0.354. The number of ether oxygens (including phenoxy) is 1. The molecule has 1 aromatic rings. The number of esters is 1. The van der Waals surface area contributed by atoms with E-state index in [1.165, 1.54) is 19.3 Å². The molecule has 1 aliphatic rings. The predicted molar refractivity (Wildman–Crippen MR) is 81.6 cm³/mol.